The monoisotopic (exact) mass is 441 g/mol. The molecule has 1 aromatic carbocycles. The number of fused-ring (bicyclic) bond motifs is 3. The van der Waals surface area contributed by atoms with Crippen molar-refractivity contribution >= 4 is 38.2 Å². The van der Waals surface area contributed by atoms with Crippen molar-refractivity contribution in [2.75, 3.05) is 46.4 Å². The van der Waals surface area contributed by atoms with E-state index in [4.69, 9.17) is 9.47 Å². The van der Waals surface area contributed by atoms with Gasteiger partial charge in [0, 0.05) is 45.2 Å². The molecular weight excluding hydrogens is 414 g/mol. The standard InChI is InChI=1S/C23H27N3O4S/c1-24-9-11-26(12-10-24)23(28)21-19(30-14-15-6-5-13-29-15)18-20(31-21)16-7-3-4-8-17(16)25(2)22(18)27/h3-4,7-8,15H,5-6,9-14H2,1-2H3. The topological polar surface area (TPSA) is 64.0 Å². The number of ether oxygens (including phenoxy) is 2. The van der Waals surface area contributed by atoms with E-state index in [9.17, 15) is 9.59 Å². The minimum absolute atomic E-state index is 0.00541. The summed E-state index contributed by atoms with van der Waals surface area (Å²) in [6.07, 6.45) is 1.95. The Kier molecular flexibility index (Phi) is 5.45. The van der Waals surface area contributed by atoms with E-state index in [0.717, 1.165) is 48.1 Å². The Bertz CT molecular complexity index is 1190. The van der Waals surface area contributed by atoms with Gasteiger partial charge in [-0.15, -0.1) is 11.3 Å². The maximum atomic E-state index is 13.5. The molecule has 0 N–H and O–H groups in total. The van der Waals surface area contributed by atoms with Gasteiger partial charge in [-0.2, -0.15) is 0 Å². The van der Waals surface area contributed by atoms with Crippen molar-refractivity contribution in [3.63, 3.8) is 0 Å². The lowest BCUT2D eigenvalue weighted by atomic mass is 10.1. The van der Waals surface area contributed by atoms with Crippen LogP contribution in [-0.2, 0) is 11.8 Å². The number of hydrogen-bond donors (Lipinski definition) is 0. The third kappa shape index (κ3) is 3.62. The lowest BCUT2D eigenvalue weighted by Crippen LogP contribution is -2.47. The van der Waals surface area contributed by atoms with Crippen molar-refractivity contribution in [3.8, 4) is 5.75 Å². The number of rotatable bonds is 4. The summed E-state index contributed by atoms with van der Waals surface area (Å²) in [5.74, 6) is 0.369. The van der Waals surface area contributed by atoms with Crippen molar-refractivity contribution in [1.82, 2.24) is 14.4 Å². The average molecular weight is 442 g/mol. The summed E-state index contributed by atoms with van der Waals surface area (Å²) in [4.78, 5) is 31.5. The summed E-state index contributed by atoms with van der Waals surface area (Å²) in [5, 5.41) is 1.46. The van der Waals surface area contributed by atoms with Crippen LogP contribution in [0.5, 0.6) is 5.75 Å². The number of amides is 1. The molecule has 3 aromatic rings. The van der Waals surface area contributed by atoms with Crippen LogP contribution in [0.4, 0.5) is 0 Å². The maximum Gasteiger partial charge on any atom is 0.267 e. The first-order valence-electron chi connectivity index (χ1n) is 10.8. The number of nitrogens with zero attached hydrogens (tertiary/aromatic N) is 3. The number of pyridine rings is 1. The Labute approximate surface area is 184 Å². The molecule has 2 aromatic heterocycles. The van der Waals surface area contributed by atoms with Gasteiger partial charge in [-0.1, -0.05) is 18.2 Å². The van der Waals surface area contributed by atoms with E-state index in [1.165, 1.54) is 11.3 Å². The van der Waals surface area contributed by atoms with Gasteiger partial charge in [0.15, 0.2) is 5.75 Å². The molecule has 0 radical (unpaired) electrons. The molecule has 7 nitrogen and oxygen atoms in total. The zero-order valence-corrected chi connectivity index (χ0v) is 18.7. The molecule has 1 atom stereocenters. The van der Waals surface area contributed by atoms with E-state index < -0.39 is 0 Å². The SMILES string of the molecule is CN1CCN(C(=O)c2sc3c(c2OCC2CCCO2)c(=O)n(C)c2ccccc32)CC1. The molecule has 8 heteroatoms. The summed E-state index contributed by atoms with van der Waals surface area (Å²) in [5.41, 5.74) is 0.718. The van der Waals surface area contributed by atoms with Gasteiger partial charge in [-0.25, -0.2) is 0 Å². The summed E-state index contributed by atoms with van der Waals surface area (Å²) in [7, 11) is 3.83. The van der Waals surface area contributed by atoms with Gasteiger partial charge in [0.25, 0.3) is 11.5 Å². The van der Waals surface area contributed by atoms with E-state index in [-0.39, 0.29) is 17.6 Å². The first-order valence-corrected chi connectivity index (χ1v) is 11.6. The third-order valence-corrected chi connectivity index (χ3v) is 7.51. The first-order chi connectivity index (χ1) is 15.0. The zero-order chi connectivity index (χ0) is 21.5. The highest BCUT2D eigenvalue weighted by atomic mass is 32.1. The molecule has 5 rings (SSSR count). The number of para-hydroxylation sites is 1. The summed E-state index contributed by atoms with van der Waals surface area (Å²) in [6, 6.07) is 7.82. The predicted molar refractivity (Wildman–Crippen MR) is 122 cm³/mol. The van der Waals surface area contributed by atoms with Gasteiger partial charge in [-0.3, -0.25) is 9.59 Å². The molecule has 31 heavy (non-hydrogen) atoms. The fraction of sp³-hybridized carbons (Fsp3) is 0.478. The van der Waals surface area contributed by atoms with Crippen molar-refractivity contribution in [3.05, 3.63) is 39.5 Å². The van der Waals surface area contributed by atoms with Crippen LogP contribution in [0.2, 0.25) is 0 Å². The number of benzene rings is 1. The molecule has 1 amide bonds. The number of thiophene rings is 1. The molecular formula is C23H27N3O4S. The number of carbonyl (C=O) groups is 1. The fourth-order valence-corrected chi connectivity index (χ4v) is 5.66. The van der Waals surface area contributed by atoms with E-state index in [0.29, 0.717) is 35.7 Å². The summed E-state index contributed by atoms with van der Waals surface area (Å²) >= 11 is 1.38. The predicted octanol–water partition coefficient (Wildman–Crippen LogP) is 2.70. The second-order valence-electron chi connectivity index (χ2n) is 8.39. The number of aromatic nitrogens is 1. The number of piperazine rings is 1. The highest BCUT2D eigenvalue weighted by Gasteiger charge is 2.30. The maximum absolute atomic E-state index is 13.5. The molecule has 164 valence electrons. The largest absolute Gasteiger partial charge is 0.488 e. The molecule has 2 aliphatic rings. The average Bonchev–Trinajstić information content (AvgIpc) is 3.44. The van der Waals surface area contributed by atoms with Gasteiger partial charge < -0.3 is 23.8 Å². The smallest absolute Gasteiger partial charge is 0.267 e. The van der Waals surface area contributed by atoms with Crippen LogP contribution in [0, 0.1) is 0 Å². The van der Waals surface area contributed by atoms with Crippen LogP contribution in [0.3, 0.4) is 0 Å². The van der Waals surface area contributed by atoms with Crippen LogP contribution in [0.25, 0.3) is 21.0 Å². The van der Waals surface area contributed by atoms with Gasteiger partial charge in [0.2, 0.25) is 0 Å². The molecule has 4 heterocycles. The van der Waals surface area contributed by atoms with Crippen LogP contribution in [0.1, 0.15) is 22.5 Å². The second kappa shape index (κ2) is 8.26. The molecule has 2 saturated heterocycles. The third-order valence-electron chi connectivity index (χ3n) is 6.32. The molecule has 0 aliphatic carbocycles. The summed E-state index contributed by atoms with van der Waals surface area (Å²) in [6.45, 7) is 4.12. The van der Waals surface area contributed by atoms with Crippen LogP contribution in [0.15, 0.2) is 29.1 Å². The van der Waals surface area contributed by atoms with Gasteiger partial charge in [0.05, 0.1) is 16.3 Å². The van der Waals surface area contributed by atoms with Gasteiger partial charge >= 0.3 is 0 Å². The first kappa shape index (κ1) is 20.5. The molecule has 0 bridgehead atoms. The van der Waals surface area contributed by atoms with Crippen LogP contribution < -0.4 is 10.3 Å². The van der Waals surface area contributed by atoms with Crippen molar-refractivity contribution in [2.45, 2.75) is 18.9 Å². The fourth-order valence-electron chi connectivity index (χ4n) is 4.42. The van der Waals surface area contributed by atoms with Gasteiger partial charge in [0.1, 0.15) is 16.9 Å². The molecule has 0 spiro atoms. The molecule has 0 saturated carbocycles. The lowest BCUT2D eigenvalue weighted by molar-refractivity contribution is 0.0625. The highest BCUT2D eigenvalue weighted by molar-refractivity contribution is 7.22. The number of aryl methyl sites for hydroxylation is 1. The molecule has 1 unspecified atom stereocenters. The van der Waals surface area contributed by atoms with E-state index >= 15 is 0 Å². The minimum Gasteiger partial charge on any atom is -0.488 e. The van der Waals surface area contributed by atoms with Crippen LogP contribution >= 0.6 is 11.3 Å². The minimum atomic E-state index is -0.135. The van der Waals surface area contributed by atoms with E-state index in [1.54, 1.807) is 11.6 Å². The molecule has 2 aliphatic heterocycles. The number of hydrogen-bond acceptors (Lipinski definition) is 6. The van der Waals surface area contributed by atoms with E-state index in [1.807, 2.05) is 29.2 Å². The zero-order valence-electron chi connectivity index (χ0n) is 17.9. The van der Waals surface area contributed by atoms with E-state index in [2.05, 4.69) is 11.9 Å². The Morgan fingerprint density at radius 2 is 1.97 bits per heavy atom. The second-order valence-corrected chi connectivity index (χ2v) is 9.41. The normalized spacial score (nSPS) is 20.1. The van der Waals surface area contributed by atoms with Crippen LogP contribution in [-0.4, -0.2) is 72.8 Å². The number of likely N-dealkylation sites (N-methyl/N-ethyl adjacent to an activating group) is 1. The quantitative estimate of drug-likeness (QED) is 0.623. The Balaban J connectivity index is 1.64. The van der Waals surface area contributed by atoms with Crippen molar-refractivity contribution in [1.29, 1.82) is 0 Å². The Morgan fingerprint density at radius 3 is 2.71 bits per heavy atom. The van der Waals surface area contributed by atoms with Crippen molar-refractivity contribution in [2.24, 2.45) is 7.05 Å². The Hall–Kier alpha value is -2.42. The number of carbonyl (C=O) groups excluding carboxylic acids is 1. The lowest BCUT2D eigenvalue weighted by Gasteiger charge is -2.32. The summed E-state index contributed by atoms with van der Waals surface area (Å²) < 4.78 is 14.4. The Morgan fingerprint density at radius 1 is 1.19 bits per heavy atom. The van der Waals surface area contributed by atoms with Gasteiger partial charge in [-0.05, 0) is 26.0 Å². The van der Waals surface area contributed by atoms with Crippen molar-refractivity contribution < 1.29 is 14.3 Å². The molecule has 2 fully saturated rings. The highest BCUT2D eigenvalue weighted by Crippen LogP contribution is 2.40.